The Morgan fingerprint density at radius 1 is 0.382 bits per heavy atom. The summed E-state index contributed by atoms with van der Waals surface area (Å²) < 4.78 is 108. The predicted octanol–water partition coefficient (Wildman–Crippen LogP) is 13.8. The summed E-state index contributed by atoms with van der Waals surface area (Å²) in [6.45, 7) is 7.52. The van der Waals surface area contributed by atoms with Gasteiger partial charge in [-0.05, 0) is 133 Å². The van der Waals surface area contributed by atoms with Crippen LogP contribution in [0.4, 0.5) is 31.1 Å². The van der Waals surface area contributed by atoms with Gasteiger partial charge < -0.3 is 79.8 Å². The van der Waals surface area contributed by atoms with Gasteiger partial charge in [0, 0.05) is 33.7 Å². The Labute approximate surface area is 713 Å². The molecule has 0 unspecified atom stereocenters. The van der Waals surface area contributed by atoms with Crippen molar-refractivity contribution >= 4 is 77.6 Å². The quantitative estimate of drug-likeness (QED) is 0.00823. The number of aliphatic carboxylic acids is 4. The van der Waals surface area contributed by atoms with Gasteiger partial charge in [0.25, 0.3) is 0 Å². The SMILES string of the molecule is CN(CCCC[C@H](CC(=O)OCc1ccccc1)C(=O)O)C(=O)OC(C)(C)C.CNCCCC[C@H](CC(=O)OCc1ccccc1)C(=O)O.COC(=O)[C@H](CCCCN(C)C(=O)C(F)(F)F)CC(=O)OCc1ccccc1.NCCCC[C@H](CC(=O)OCc1ccccc1)C(=O)O.O=C(C[C@@H](CCCCNC(=O)C(F)(F)F)C(=O)O)OCc1ccccc1. The van der Waals surface area contributed by atoms with E-state index in [1.165, 1.54) is 12.0 Å². The van der Waals surface area contributed by atoms with Crippen molar-refractivity contribution in [2.75, 3.05) is 61.0 Å². The molecule has 35 heteroatoms. The highest BCUT2D eigenvalue weighted by molar-refractivity contribution is 5.83. The third-order valence-corrected chi connectivity index (χ3v) is 17.9. The van der Waals surface area contributed by atoms with Crippen molar-refractivity contribution in [1.29, 1.82) is 0 Å². The van der Waals surface area contributed by atoms with Crippen molar-refractivity contribution < 1.29 is 142 Å². The molecule has 123 heavy (non-hydrogen) atoms. The Bertz CT molecular complexity index is 3900. The van der Waals surface area contributed by atoms with Crippen molar-refractivity contribution in [2.45, 2.75) is 200 Å². The normalized spacial score (nSPS) is 12.1. The van der Waals surface area contributed by atoms with E-state index in [0.29, 0.717) is 62.9 Å². The number of benzene rings is 5. The molecule has 0 aliphatic rings. The number of rotatable bonds is 49. The summed E-state index contributed by atoms with van der Waals surface area (Å²) in [7, 11) is 5.76. The lowest BCUT2D eigenvalue weighted by molar-refractivity contribution is -0.184. The van der Waals surface area contributed by atoms with Gasteiger partial charge in [0.05, 0.1) is 68.8 Å². The number of halogens is 6. The van der Waals surface area contributed by atoms with Crippen molar-refractivity contribution in [3.05, 3.63) is 179 Å². The molecule has 0 radical (unpaired) electrons. The van der Waals surface area contributed by atoms with Gasteiger partial charge >= 0.3 is 90.0 Å². The predicted molar refractivity (Wildman–Crippen MR) is 438 cm³/mol. The molecule has 5 aromatic rings. The first kappa shape index (κ1) is 110. The number of hydrogen-bond donors (Lipinski definition) is 7. The largest absolute Gasteiger partial charge is 0.481 e. The van der Waals surface area contributed by atoms with Gasteiger partial charge in [0.2, 0.25) is 0 Å². The van der Waals surface area contributed by atoms with Crippen molar-refractivity contribution in [3.63, 3.8) is 0 Å². The molecule has 0 aromatic heterocycles. The van der Waals surface area contributed by atoms with E-state index in [1.807, 2.05) is 110 Å². The van der Waals surface area contributed by atoms with Crippen LogP contribution in [0.2, 0.25) is 0 Å². The molecule has 0 aliphatic heterocycles. The molecule has 5 aromatic carbocycles. The lowest BCUT2D eigenvalue weighted by atomic mass is 9.98. The van der Waals surface area contributed by atoms with Crippen LogP contribution in [0.25, 0.3) is 0 Å². The summed E-state index contributed by atoms with van der Waals surface area (Å²) in [4.78, 5) is 151. The second-order valence-corrected chi connectivity index (χ2v) is 29.4. The fourth-order valence-corrected chi connectivity index (χ4v) is 11.0. The number of carbonyl (C=O) groups is 13. The minimum atomic E-state index is -4.94. The molecule has 0 saturated carbocycles. The smallest absolute Gasteiger partial charge is 0.471 e. The standard InChI is InChI=1S/C21H31NO6.C19H24F3NO5.C17H20F3NO5.C16H23NO4.C15H21NO4/c1-21(2,3)28-20(26)22(4)13-9-8-12-17(19(24)25)14-18(23)27-15-16-10-6-5-7-11-16;1-23(18(26)19(20,21)22)11-7-6-10-15(17(25)27-2)12-16(24)28-13-14-8-4-3-5-9-14;18-17(19,20)16(25)21-9-5-4-8-13(15(23)24)10-14(22)26-11-12-6-2-1-3-7-12;1-17-10-6-5-9-14(16(19)20)11-15(18)21-12-13-7-3-2-4-8-13;16-9-5-4-8-13(15(18)19)10-14(17)20-11-12-6-2-1-3-7-12/h5-7,10-11,17H,8-9,12-15H2,1-4H3,(H,24,25);3-5,8-9,15H,6-7,10-13H2,1-2H3;1-3,6-7,13H,4-5,8-11H2,(H,21,25)(H,23,24);2-4,7-8,14,17H,5-6,9-12H2,1H3,(H,19,20);1-3,6-7,13H,4-5,8-11,16H2,(H,18,19)/t17-;15-;13-;14-;13-/m11111/s1. The van der Waals surface area contributed by atoms with Gasteiger partial charge in [-0.2, -0.15) is 26.3 Å². The van der Waals surface area contributed by atoms with Gasteiger partial charge in [-0.15, -0.1) is 0 Å². The van der Waals surface area contributed by atoms with E-state index in [9.17, 15) is 93.8 Å². The molecule has 0 fully saturated rings. The number of nitrogens with one attached hydrogen (secondary N) is 2. The number of unbranched alkanes of at least 4 members (excludes halogenated alkanes) is 5. The topological polar surface area (TPSA) is 424 Å². The molecule has 8 N–H and O–H groups in total. The molecule has 0 spiro atoms. The molecule has 5 rings (SSSR count). The first-order valence-corrected chi connectivity index (χ1v) is 40.1. The molecule has 0 bridgehead atoms. The van der Waals surface area contributed by atoms with Crippen LogP contribution in [0, 0.1) is 29.6 Å². The molecule has 3 amide bonds. The molecule has 0 saturated heterocycles. The van der Waals surface area contributed by atoms with Gasteiger partial charge in [-0.1, -0.05) is 184 Å². The first-order chi connectivity index (χ1) is 58.2. The second kappa shape index (κ2) is 62.6. The molecular formula is C88H119F6N5O24. The number of carboxylic acids is 4. The van der Waals surface area contributed by atoms with E-state index in [2.05, 4.69) is 10.1 Å². The highest BCUT2D eigenvalue weighted by Crippen LogP contribution is 2.24. The van der Waals surface area contributed by atoms with Crippen LogP contribution in [-0.2, 0) is 124 Å². The Kier molecular flexibility index (Phi) is 55.7. The van der Waals surface area contributed by atoms with Crippen LogP contribution in [0.5, 0.6) is 0 Å². The number of hydrogen-bond acceptors (Lipinski definition) is 22. The number of amides is 3. The fraction of sp³-hybridized carbons (Fsp3) is 0.511. The Balaban J connectivity index is 0.000000773. The third-order valence-electron chi connectivity index (χ3n) is 17.9. The molecule has 5 atom stereocenters. The molecule has 0 heterocycles. The van der Waals surface area contributed by atoms with Crippen molar-refractivity contribution in [1.82, 2.24) is 20.4 Å². The average Bonchev–Trinajstić information content (AvgIpc) is 0.883. The number of nitrogens with zero attached hydrogens (tertiary/aromatic N) is 2. The zero-order valence-corrected chi connectivity index (χ0v) is 70.7. The van der Waals surface area contributed by atoms with Crippen LogP contribution in [0.1, 0.15) is 177 Å². The van der Waals surface area contributed by atoms with E-state index in [1.54, 1.807) is 81.7 Å². The fourth-order valence-electron chi connectivity index (χ4n) is 11.0. The Hall–Kier alpha value is -11.5. The summed E-state index contributed by atoms with van der Waals surface area (Å²) in [5, 5.41) is 41.4. The highest BCUT2D eigenvalue weighted by Gasteiger charge is 2.41. The maximum absolute atomic E-state index is 12.3. The summed E-state index contributed by atoms with van der Waals surface area (Å²) in [6.07, 6.45) is -4.07. The van der Waals surface area contributed by atoms with Crippen LogP contribution in [-0.4, -0.2) is 187 Å². The second-order valence-electron chi connectivity index (χ2n) is 29.4. The summed E-state index contributed by atoms with van der Waals surface area (Å²) in [6, 6.07) is 45.8. The van der Waals surface area contributed by atoms with E-state index < -0.39 is 125 Å². The summed E-state index contributed by atoms with van der Waals surface area (Å²) >= 11 is 0. The lowest BCUT2D eigenvalue weighted by Crippen LogP contribution is -2.38. The molecule has 29 nitrogen and oxygen atoms in total. The first-order valence-electron chi connectivity index (χ1n) is 40.1. The zero-order chi connectivity index (χ0) is 92.2. The number of carboxylic acid groups (broad SMARTS) is 4. The van der Waals surface area contributed by atoms with E-state index in [0.717, 1.165) is 60.7 Å². The number of nitrogens with two attached hydrogens (primary N) is 1. The van der Waals surface area contributed by atoms with Crippen molar-refractivity contribution in [2.24, 2.45) is 35.3 Å². The van der Waals surface area contributed by atoms with Crippen LogP contribution < -0.4 is 16.4 Å². The minimum Gasteiger partial charge on any atom is -0.481 e. The number of methoxy groups -OCH3 is 1. The maximum Gasteiger partial charge on any atom is 0.471 e. The van der Waals surface area contributed by atoms with E-state index >= 15 is 0 Å². The lowest BCUT2D eigenvalue weighted by Gasteiger charge is -2.24. The minimum absolute atomic E-state index is 0.0372. The zero-order valence-electron chi connectivity index (χ0n) is 70.7. The Morgan fingerprint density at radius 2 is 0.650 bits per heavy atom. The number of alkyl halides is 6. The summed E-state index contributed by atoms with van der Waals surface area (Å²) in [5.41, 5.74) is 9.02. The number of ether oxygens (including phenoxy) is 7. The number of carbonyl (C=O) groups excluding carboxylic acids is 9. The summed E-state index contributed by atoms with van der Waals surface area (Å²) in [5.74, 6) is -15.2. The molecular weight excluding hydrogens is 1620 g/mol. The van der Waals surface area contributed by atoms with Gasteiger partial charge in [-0.25, -0.2) is 4.79 Å². The van der Waals surface area contributed by atoms with Gasteiger partial charge in [-0.3, -0.25) is 57.5 Å². The van der Waals surface area contributed by atoms with Crippen molar-refractivity contribution in [3.8, 4) is 0 Å². The highest BCUT2D eigenvalue weighted by atomic mass is 19.4. The maximum atomic E-state index is 12.3. The monoisotopic (exact) mass is 1740 g/mol. The number of esters is 6. The van der Waals surface area contributed by atoms with Crippen LogP contribution >= 0.6 is 0 Å². The third kappa shape index (κ3) is 55.2. The van der Waals surface area contributed by atoms with Gasteiger partial charge in [0.15, 0.2) is 0 Å². The van der Waals surface area contributed by atoms with Gasteiger partial charge in [0.1, 0.15) is 38.6 Å². The van der Waals surface area contributed by atoms with Crippen LogP contribution in [0.3, 0.4) is 0 Å². The van der Waals surface area contributed by atoms with E-state index in [4.69, 9.17) is 49.5 Å². The Morgan fingerprint density at radius 3 is 0.911 bits per heavy atom. The molecule has 0 aliphatic carbocycles. The van der Waals surface area contributed by atoms with E-state index in [-0.39, 0.29) is 110 Å². The van der Waals surface area contributed by atoms with Crippen LogP contribution in [0.15, 0.2) is 152 Å². The average molecular weight is 1740 g/mol. The molecule has 682 valence electrons.